The van der Waals surface area contributed by atoms with Crippen molar-refractivity contribution in [1.82, 2.24) is 4.98 Å². The fourth-order valence-electron chi connectivity index (χ4n) is 2.31. The first-order chi connectivity index (χ1) is 9.47. The molecule has 0 saturated carbocycles. The van der Waals surface area contributed by atoms with E-state index < -0.39 is 0 Å². The number of benzene rings is 1. The summed E-state index contributed by atoms with van der Waals surface area (Å²) >= 11 is 0. The molecule has 4 heteroatoms. The van der Waals surface area contributed by atoms with Gasteiger partial charge in [0.1, 0.15) is 11.5 Å². The summed E-state index contributed by atoms with van der Waals surface area (Å²) in [6.07, 6.45) is 1.70. The van der Waals surface area contributed by atoms with Crippen LogP contribution in [0.3, 0.4) is 0 Å². The smallest absolute Gasteiger partial charge is 0.141 e. The lowest BCUT2D eigenvalue weighted by Crippen LogP contribution is -2.19. The molecule has 0 fully saturated rings. The number of aryl methyl sites for hydroxylation is 2. The maximum Gasteiger partial charge on any atom is 0.141 e. The summed E-state index contributed by atoms with van der Waals surface area (Å²) < 4.78 is 0. The molecule has 2 aromatic rings. The van der Waals surface area contributed by atoms with Crippen LogP contribution in [0.25, 0.3) is 0 Å². The van der Waals surface area contributed by atoms with Crippen molar-refractivity contribution >= 4 is 11.5 Å². The largest absolute Gasteiger partial charge is 0.382 e. The molecule has 1 heterocycles. The van der Waals surface area contributed by atoms with Crippen molar-refractivity contribution < 1.29 is 0 Å². The molecule has 0 atom stereocenters. The molecule has 1 aromatic carbocycles. The summed E-state index contributed by atoms with van der Waals surface area (Å²) in [5, 5.41) is 7.44. The van der Waals surface area contributed by atoms with Crippen LogP contribution in [0, 0.1) is 19.3 Å². The number of pyridine rings is 1. The standard InChI is InChI=1S/C16H20N4/c1-11-4-5-15(12(2)8-11)20(3)10-13-6-7-19-14(9-13)16(17)18/h4-9H,10H2,1-3H3,(H3,17,18). The van der Waals surface area contributed by atoms with Crippen LogP contribution in [0.4, 0.5) is 5.69 Å². The molecule has 20 heavy (non-hydrogen) atoms. The maximum absolute atomic E-state index is 7.44. The lowest BCUT2D eigenvalue weighted by atomic mass is 10.1. The third-order valence-corrected chi connectivity index (χ3v) is 3.28. The molecular weight excluding hydrogens is 248 g/mol. The Morgan fingerprint density at radius 3 is 2.65 bits per heavy atom. The fourth-order valence-corrected chi connectivity index (χ4v) is 2.31. The molecule has 0 amide bonds. The number of nitrogens with zero attached hydrogens (tertiary/aromatic N) is 2. The minimum atomic E-state index is 0.000944. The van der Waals surface area contributed by atoms with Crippen molar-refractivity contribution in [3.05, 3.63) is 58.9 Å². The molecule has 104 valence electrons. The Labute approximate surface area is 119 Å². The topological polar surface area (TPSA) is 66.0 Å². The van der Waals surface area contributed by atoms with Gasteiger partial charge in [0.05, 0.1) is 0 Å². The van der Waals surface area contributed by atoms with E-state index >= 15 is 0 Å². The van der Waals surface area contributed by atoms with Crippen LogP contribution in [0.5, 0.6) is 0 Å². The predicted octanol–water partition coefficient (Wildman–Crippen LogP) is 2.62. The molecular formula is C16H20N4. The van der Waals surface area contributed by atoms with E-state index in [2.05, 4.69) is 49.0 Å². The molecule has 0 aliphatic carbocycles. The zero-order valence-electron chi connectivity index (χ0n) is 12.1. The Hall–Kier alpha value is -2.36. The Kier molecular flexibility index (Phi) is 4.03. The summed E-state index contributed by atoms with van der Waals surface area (Å²) in [7, 11) is 2.06. The fraction of sp³-hybridized carbons (Fsp3) is 0.250. The van der Waals surface area contributed by atoms with Gasteiger partial charge in [0.2, 0.25) is 0 Å². The third kappa shape index (κ3) is 3.15. The second-order valence-electron chi connectivity index (χ2n) is 5.11. The number of amidine groups is 1. The van der Waals surface area contributed by atoms with Gasteiger partial charge in [-0.05, 0) is 43.2 Å². The first-order valence-corrected chi connectivity index (χ1v) is 6.55. The molecule has 0 radical (unpaired) electrons. The van der Waals surface area contributed by atoms with Gasteiger partial charge in [-0.3, -0.25) is 10.4 Å². The molecule has 0 unspecified atom stereocenters. The molecule has 1 aromatic heterocycles. The van der Waals surface area contributed by atoms with E-state index in [4.69, 9.17) is 11.1 Å². The zero-order valence-corrected chi connectivity index (χ0v) is 12.1. The minimum absolute atomic E-state index is 0.000944. The lowest BCUT2D eigenvalue weighted by Gasteiger charge is -2.22. The SMILES string of the molecule is Cc1ccc(N(C)Cc2ccnc(C(=N)N)c2)c(C)c1. The van der Waals surface area contributed by atoms with E-state index in [-0.39, 0.29) is 5.84 Å². The number of nitrogens with one attached hydrogen (secondary N) is 1. The van der Waals surface area contributed by atoms with Crippen molar-refractivity contribution in [2.24, 2.45) is 5.73 Å². The maximum atomic E-state index is 7.44. The van der Waals surface area contributed by atoms with Crippen molar-refractivity contribution in [2.75, 3.05) is 11.9 Å². The van der Waals surface area contributed by atoms with Crippen LogP contribution in [-0.2, 0) is 6.54 Å². The van der Waals surface area contributed by atoms with Gasteiger partial charge in [0.25, 0.3) is 0 Å². The van der Waals surface area contributed by atoms with E-state index in [1.807, 2.05) is 12.1 Å². The molecule has 2 rings (SSSR count). The quantitative estimate of drug-likeness (QED) is 0.661. The third-order valence-electron chi connectivity index (χ3n) is 3.28. The van der Waals surface area contributed by atoms with Crippen LogP contribution >= 0.6 is 0 Å². The number of nitrogen functional groups attached to an aromatic ring is 1. The molecule has 3 N–H and O–H groups in total. The number of hydrogen-bond donors (Lipinski definition) is 2. The van der Waals surface area contributed by atoms with E-state index in [1.165, 1.54) is 16.8 Å². The highest BCUT2D eigenvalue weighted by Crippen LogP contribution is 2.21. The highest BCUT2D eigenvalue weighted by Gasteiger charge is 2.07. The van der Waals surface area contributed by atoms with Gasteiger partial charge in [0.15, 0.2) is 0 Å². The number of aromatic nitrogens is 1. The van der Waals surface area contributed by atoms with Crippen molar-refractivity contribution in [1.29, 1.82) is 5.41 Å². The van der Waals surface area contributed by atoms with Crippen LogP contribution in [0.15, 0.2) is 36.5 Å². The number of nitrogens with two attached hydrogens (primary N) is 1. The van der Waals surface area contributed by atoms with Crippen LogP contribution in [-0.4, -0.2) is 17.9 Å². The van der Waals surface area contributed by atoms with Gasteiger partial charge in [-0.2, -0.15) is 0 Å². The lowest BCUT2D eigenvalue weighted by molar-refractivity contribution is 0.912. The van der Waals surface area contributed by atoms with E-state index in [1.54, 1.807) is 6.20 Å². The number of anilines is 1. The highest BCUT2D eigenvalue weighted by atomic mass is 15.1. The van der Waals surface area contributed by atoms with E-state index in [0.717, 1.165) is 12.1 Å². The summed E-state index contributed by atoms with van der Waals surface area (Å²) in [5.41, 5.74) is 10.8. The second kappa shape index (κ2) is 5.74. The Morgan fingerprint density at radius 2 is 2.00 bits per heavy atom. The van der Waals surface area contributed by atoms with Gasteiger partial charge in [-0.15, -0.1) is 0 Å². The molecule has 0 aliphatic rings. The van der Waals surface area contributed by atoms with Gasteiger partial charge in [-0.1, -0.05) is 17.7 Å². The van der Waals surface area contributed by atoms with Crippen LogP contribution in [0.1, 0.15) is 22.4 Å². The first-order valence-electron chi connectivity index (χ1n) is 6.55. The van der Waals surface area contributed by atoms with Gasteiger partial charge >= 0.3 is 0 Å². The zero-order chi connectivity index (χ0) is 14.7. The molecule has 4 nitrogen and oxygen atoms in total. The van der Waals surface area contributed by atoms with Crippen molar-refractivity contribution in [2.45, 2.75) is 20.4 Å². The molecule has 0 spiro atoms. The highest BCUT2D eigenvalue weighted by molar-refractivity contribution is 5.93. The van der Waals surface area contributed by atoms with Crippen LogP contribution < -0.4 is 10.6 Å². The number of hydrogen-bond acceptors (Lipinski definition) is 3. The van der Waals surface area contributed by atoms with Gasteiger partial charge in [-0.25, -0.2) is 0 Å². The second-order valence-corrected chi connectivity index (χ2v) is 5.11. The van der Waals surface area contributed by atoms with Crippen LogP contribution in [0.2, 0.25) is 0 Å². The normalized spacial score (nSPS) is 10.3. The average molecular weight is 268 g/mol. The summed E-state index contributed by atoms with van der Waals surface area (Å²) in [5.74, 6) is 0.000944. The Balaban J connectivity index is 2.21. The molecule has 0 saturated heterocycles. The minimum Gasteiger partial charge on any atom is -0.382 e. The van der Waals surface area contributed by atoms with E-state index in [9.17, 15) is 0 Å². The predicted molar refractivity (Wildman–Crippen MR) is 83.3 cm³/mol. The summed E-state index contributed by atoms with van der Waals surface area (Å²) in [6.45, 7) is 4.97. The monoisotopic (exact) mass is 268 g/mol. The molecule has 0 bridgehead atoms. The van der Waals surface area contributed by atoms with Crippen molar-refractivity contribution in [3.63, 3.8) is 0 Å². The first kappa shape index (κ1) is 14.1. The Bertz CT molecular complexity index is 634. The summed E-state index contributed by atoms with van der Waals surface area (Å²) in [6, 6.07) is 10.2. The average Bonchev–Trinajstić information content (AvgIpc) is 2.38. The number of rotatable bonds is 4. The van der Waals surface area contributed by atoms with Crippen molar-refractivity contribution in [3.8, 4) is 0 Å². The van der Waals surface area contributed by atoms with E-state index in [0.29, 0.717) is 5.69 Å². The summed E-state index contributed by atoms with van der Waals surface area (Å²) in [4.78, 5) is 6.27. The van der Waals surface area contributed by atoms with Gasteiger partial charge in [0, 0.05) is 25.5 Å². The molecule has 0 aliphatic heterocycles. The Morgan fingerprint density at radius 1 is 1.25 bits per heavy atom. The van der Waals surface area contributed by atoms with Gasteiger partial charge < -0.3 is 10.6 Å².